The summed E-state index contributed by atoms with van der Waals surface area (Å²) in [7, 11) is 3.52. The van der Waals surface area contributed by atoms with E-state index < -0.39 is 0 Å². The summed E-state index contributed by atoms with van der Waals surface area (Å²) < 4.78 is 10.1. The van der Waals surface area contributed by atoms with Gasteiger partial charge >= 0.3 is 0 Å². The topological polar surface area (TPSA) is 18.5 Å². The molecule has 1 rings (SSSR count). The van der Waals surface area contributed by atoms with Crippen molar-refractivity contribution in [2.75, 3.05) is 14.2 Å². The minimum absolute atomic E-state index is 0.403. The molecular weight excluding hydrogens is 224 g/mol. The molecule has 2 nitrogen and oxygen atoms in total. The van der Waals surface area contributed by atoms with Gasteiger partial charge in [0, 0.05) is 14.2 Å². The van der Waals surface area contributed by atoms with Crippen molar-refractivity contribution in [2.45, 2.75) is 80.4 Å². The van der Waals surface area contributed by atoms with Crippen LogP contribution in [0.25, 0.3) is 0 Å². The number of methoxy groups -OCH3 is 2. The first-order valence-electron chi connectivity index (χ1n) is 7.58. The van der Waals surface area contributed by atoms with Crippen LogP contribution < -0.4 is 0 Å². The van der Waals surface area contributed by atoms with Gasteiger partial charge < -0.3 is 9.47 Å². The second kappa shape index (κ2) is 16.9. The molecule has 1 saturated carbocycles. The summed E-state index contributed by atoms with van der Waals surface area (Å²) in [4.78, 5) is 0. The summed E-state index contributed by atoms with van der Waals surface area (Å²) in [6.45, 7) is 16.5. The van der Waals surface area contributed by atoms with E-state index in [1.165, 1.54) is 12.8 Å². The molecule has 2 heteroatoms. The van der Waals surface area contributed by atoms with Crippen molar-refractivity contribution in [2.24, 2.45) is 11.8 Å². The lowest BCUT2D eigenvalue weighted by atomic mass is 10.1. The van der Waals surface area contributed by atoms with Gasteiger partial charge in [0.15, 0.2) is 0 Å². The van der Waals surface area contributed by atoms with Crippen LogP contribution in [0.3, 0.4) is 0 Å². The quantitative estimate of drug-likeness (QED) is 0.696. The summed E-state index contributed by atoms with van der Waals surface area (Å²) >= 11 is 0. The van der Waals surface area contributed by atoms with Crippen molar-refractivity contribution in [1.82, 2.24) is 0 Å². The highest BCUT2D eigenvalue weighted by molar-refractivity contribution is 4.78. The van der Waals surface area contributed by atoms with E-state index in [2.05, 4.69) is 27.7 Å². The van der Waals surface area contributed by atoms with Crippen LogP contribution in [-0.4, -0.2) is 26.4 Å². The molecule has 0 spiro atoms. The smallest absolute Gasteiger partial charge is 0.0571 e. The first-order valence-corrected chi connectivity index (χ1v) is 7.58. The third-order valence-corrected chi connectivity index (χ3v) is 2.97. The minimum atomic E-state index is 0.403. The van der Waals surface area contributed by atoms with Crippen LogP contribution >= 0.6 is 0 Å². The molecule has 0 aromatic heterocycles. The van der Waals surface area contributed by atoms with Gasteiger partial charge in [-0.25, -0.2) is 0 Å². The van der Waals surface area contributed by atoms with Gasteiger partial charge in [0.1, 0.15) is 0 Å². The fourth-order valence-electron chi connectivity index (χ4n) is 1.03. The Hall–Kier alpha value is -0.0800. The predicted molar refractivity (Wildman–Crippen MR) is 83.2 cm³/mol. The molecule has 114 valence electrons. The van der Waals surface area contributed by atoms with Crippen LogP contribution in [0.4, 0.5) is 0 Å². The van der Waals surface area contributed by atoms with Gasteiger partial charge in [-0.3, -0.25) is 0 Å². The molecule has 2 atom stereocenters. The van der Waals surface area contributed by atoms with Crippen molar-refractivity contribution in [1.29, 1.82) is 0 Å². The Morgan fingerprint density at radius 1 is 0.778 bits per heavy atom. The van der Waals surface area contributed by atoms with Gasteiger partial charge in [-0.2, -0.15) is 0 Å². The van der Waals surface area contributed by atoms with Crippen molar-refractivity contribution in [3.05, 3.63) is 0 Å². The molecule has 0 aliphatic heterocycles. The molecule has 0 bridgehead atoms. The Kier molecular flexibility index (Phi) is 21.7. The lowest BCUT2D eigenvalue weighted by Crippen LogP contribution is -2.11. The molecule has 2 unspecified atom stereocenters. The first kappa shape index (κ1) is 23.0. The highest BCUT2D eigenvalue weighted by atomic mass is 16.5. The zero-order valence-electron chi connectivity index (χ0n) is 14.5. The van der Waals surface area contributed by atoms with E-state index in [0.717, 1.165) is 5.92 Å². The summed E-state index contributed by atoms with van der Waals surface area (Å²) in [5.41, 5.74) is 0. The van der Waals surface area contributed by atoms with E-state index in [1.54, 1.807) is 14.2 Å². The molecule has 0 radical (unpaired) electrons. The van der Waals surface area contributed by atoms with Crippen LogP contribution in [0.5, 0.6) is 0 Å². The number of hydrogen-bond donors (Lipinski definition) is 0. The van der Waals surface area contributed by atoms with E-state index in [9.17, 15) is 0 Å². The zero-order chi connectivity index (χ0) is 15.1. The van der Waals surface area contributed by atoms with Gasteiger partial charge in [0.25, 0.3) is 0 Å². The minimum Gasteiger partial charge on any atom is -0.381 e. The van der Waals surface area contributed by atoms with Crippen LogP contribution in [0.2, 0.25) is 0 Å². The fraction of sp³-hybridized carbons (Fsp3) is 1.00. The highest BCUT2D eigenvalue weighted by Gasteiger charge is 2.27. The second-order valence-electron chi connectivity index (χ2n) is 4.46. The standard InChI is InChI=1S/C6H12O.C6H14O.2C2H6/c1-5(7-2)6-3-4-6;1-5(2)6(3)7-4;2*1-2/h5-6H,3-4H2,1-2H3;5-6H,1-4H3;2*1-2H3. The molecule has 0 N–H and O–H groups in total. The van der Waals surface area contributed by atoms with Crippen molar-refractivity contribution >= 4 is 0 Å². The van der Waals surface area contributed by atoms with Crippen molar-refractivity contribution < 1.29 is 9.47 Å². The lowest BCUT2D eigenvalue weighted by molar-refractivity contribution is 0.0805. The monoisotopic (exact) mass is 262 g/mol. The van der Waals surface area contributed by atoms with E-state index in [1.807, 2.05) is 27.7 Å². The van der Waals surface area contributed by atoms with Gasteiger partial charge in [0.05, 0.1) is 12.2 Å². The first-order chi connectivity index (χ1) is 8.52. The molecule has 1 fully saturated rings. The fourth-order valence-corrected chi connectivity index (χ4v) is 1.03. The molecule has 1 aliphatic carbocycles. The van der Waals surface area contributed by atoms with Crippen LogP contribution in [0.15, 0.2) is 0 Å². The Morgan fingerprint density at radius 2 is 1.17 bits per heavy atom. The maximum atomic E-state index is 5.07. The molecule has 18 heavy (non-hydrogen) atoms. The van der Waals surface area contributed by atoms with Crippen LogP contribution in [0.1, 0.15) is 68.2 Å². The SMILES string of the molecule is CC.CC.COC(C)C(C)C.COC(C)C1CC1. The summed E-state index contributed by atoms with van der Waals surface area (Å²) in [5.74, 6) is 1.54. The van der Waals surface area contributed by atoms with Gasteiger partial charge in [-0.1, -0.05) is 41.5 Å². The second-order valence-corrected chi connectivity index (χ2v) is 4.46. The molecule has 0 heterocycles. The Balaban J connectivity index is -0.000000196. The van der Waals surface area contributed by atoms with E-state index in [-0.39, 0.29) is 0 Å². The number of ether oxygens (including phenoxy) is 2. The Morgan fingerprint density at radius 3 is 1.22 bits per heavy atom. The third-order valence-electron chi connectivity index (χ3n) is 2.97. The maximum absolute atomic E-state index is 5.07. The average molecular weight is 262 g/mol. The van der Waals surface area contributed by atoms with Crippen LogP contribution in [0, 0.1) is 11.8 Å². The van der Waals surface area contributed by atoms with Crippen molar-refractivity contribution in [3.63, 3.8) is 0 Å². The van der Waals surface area contributed by atoms with Gasteiger partial charge in [-0.15, -0.1) is 0 Å². The third kappa shape index (κ3) is 15.9. The highest BCUT2D eigenvalue weighted by Crippen LogP contribution is 2.33. The van der Waals surface area contributed by atoms with Crippen molar-refractivity contribution in [3.8, 4) is 0 Å². The molecule has 0 aromatic carbocycles. The van der Waals surface area contributed by atoms with Gasteiger partial charge in [-0.05, 0) is 38.5 Å². The number of hydrogen-bond acceptors (Lipinski definition) is 2. The maximum Gasteiger partial charge on any atom is 0.0571 e. The summed E-state index contributed by atoms with van der Waals surface area (Å²) in [6, 6.07) is 0. The van der Waals surface area contributed by atoms with E-state index in [4.69, 9.17) is 9.47 Å². The molecule has 1 aliphatic rings. The lowest BCUT2D eigenvalue weighted by Gasteiger charge is -2.11. The van der Waals surface area contributed by atoms with E-state index in [0.29, 0.717) is 18.1 Å². The largest absolute Gasteiger partial charge is 0.381 e. The molecular formula is C16H38O2. The predicted octanol–water partition coefficient (Wildman–Crippen LogP) is 5.16. The summed E-state index contributed by atoms with van der Waals surface area (Å²) in [5, 5.41) is 0. The van der Waals surface area contributed by atoms with Gasteiger partial charge in [0.2, 0.25) is 0 Å². The van der Waals surface area contributed by atoms with Crippen LogP contribution in [-0.2, 0) is 9.47 Å². The summed E-state index contributed by atoms with van der Waals surface area (Å²) in [6.07, 6.45) is 3.68. The zero-order valence-corrected chi connectivity index (χ0v) is 14.5. The molecule has 0 amide bonds. The van der Waals surface area contributed by atoms with E-state index >= 15 is 0 Å². The normalized spacial score (nSPS) is 16.2. The Labute approximate surface area is 116 Å². The molecule has 0 aromatic rings. The Bertz CT molecular complexity index is 123. The number of rotatable bonds is 4. The molecule has 0 saturated heterocycles. The average Bonchev–Trinajstić information content (AvgIpc) is 3.26.